The van der Waals surface area contributed by atoms with Gasteiger partial charge >= 0.3 is 6.03 Å². The minimum Gasteiger partial charge on any atom is -0.497 e. The van der Waals surface area contributed by atoms with E-state index in [1.165, 1.54) is 16.0 Å². The molecule has 36 heavy (non-hydrogen) atoms. The zero-order chi connectivity index (χ0) is 25.9. The minimum absolute atomic E-state index is 0.109. The van der Waals surface area contributed by atoms with E-state index in [1.54, 1.807) is 26.2 Å². The first-order chi connectivity index (χ1) is 17.3. The molecule has 2 aliphatic heterocycles. The lowest BCUT2D eigenvalue weighted by Crippen LogP contribution is -2.57. The first kappa shape index (κ1) is 26.0. The van der Waals surface area contributed by atoms with Crippen LogP contribution in [0.15, 0.2) is 36.4 Å². The van der Waals surface area contributed by atoms with Crippen molar-refractivity contribution in [3.63, 3.8) is 0 Å². The number of hydrogen-bond acceptors (Lipinski definition) is 6. The standard InChI is InChI=1S/C28H37N3O5/c1-20-16-25(36-5)21(2)15-23(20)19-29-11-9-28(10-12-29)26(32)30(27(33)31(28)13-14-34-3)18-22-7-6-8-24(17-22)35-4/h6-8,15-17H,9-14,18-19H2,1-5H3. The second-order valence-electron chi connectivity index (χ2n) is 9.73. The summed E-state index contributed by atoms with van der Waals surface area (Å²) in [5.74, 6) is 1.49. The number of imide groups is 1. The molecule has 0 aliphatic carbocycles. The molecule has 2 aromatic carbocycles. The van der Waals surface area contributed by atoms with Crippen molar-refractivity contribution in [2.75, 3.05) is 47.6 Å². The monoisotopic (exact) mass is 495 g/mol. The molecule has 0 atom stereocenters. The third kappa shape index (κ3) is 4.92. The maximum atomic E-state index is 13.8. The maximum Gasteiger partial charge on any atom is 0.328 e. The van der Waals surface area contributed by atoms with Crippen LogP contribution < -0.4 is 9.47 Å². The largest absolute Gasteiger partial charge is 0.497 e. The van der Waals surface area contributed by atoms with Crippen molar-refractivity contribution in [3.05, 3.63) is 58.7 Å². The summed E-state index contributed by atoms with van der Waals surface area (Å²) >= 11 is 0. The number of carbonyl (C=O) groups is 2. The third-order valence-corrected chi connectivity index (χ3v) is 7.55. The lowest BCUT2D eigenvalue weighted by atomic mass is 9.85. The molecule has 2 aromatic rings. The van der Waals surface area contributed by atoms with Crippen LogP contribution in [-0.2, 0) is 22.6 Å². The van der Waals surface area contributed by atoms with Crippen LogP contribution in [0.2, 0.25) is 0 Å². The number of carbonyl (C=O) groups excluding carboxylic acids is 2. The molecule has 2 saturated heterocycles. The maximum absolute atomic E-state index is 13.8. The van der Waals surface area contributed by atoms with E-state index in [0.717, 1.165) is 36.5 Å². The number of likely N-dealkylation sites (tertiary alicyclic amines) is 1. The van der Waals surface area contributed by atoms with Crippen molar-refractivity contribution in [3.8, 4) is 11.5 Å². The van der Waals surface area contributed by atoms with Crippen molar-refractivity contribution in [1.82, 2.24) is 14.7 Å². The molecule has 2 heterocycles. The molecule has 0 radical (unpaired) electrons. The molecule has 0 saturated carbocycles. The fourth-order valence-electron chi connectivity index (χ4n) is 5.41. The lowest BCUT2D eigenvalue weighted by Gasteiger charge is -2.42. The molecule has 0 bridgehead atoms. The first-order valence-corrected chi connectivity index (χ1v) is 12.4. The Bertz CT molecular complexity index is 1110. The van der Waals surface area contributed by atoms with Crippen molar-refractivity contribution < 1.29 is 23.8 Å². The van der Waals surface area contributed by atoms with Gasteiger partial charge in [-0.2, -0.15) is 0 Å². The molecule has 1 spiro atoms. The Kier molecular flexibility index (Phi) is 7.85. The van der Waals surface area contributed by atoms with Crippen LogP contribution in [0, 0.1) is 13.8 Å². The normalized spacial score (nSPS) is 17.8. The van der Waals surface area contributed by atoms with Gasteiger partial charge in [0.05, 0.1) is 27.4 Å². The summed E-state index contributed by atoms with van der Waals surface area (Å²) in [7, 11) is 4.92. The third-order valence-electron chi connectivity index (χ3n) is 7.55. The number of hydrogen-bond donors (Lipinski definition) is 0. The van der Waals surface area contributed by atoms with Gasteiger partial charge in [-0.05, 0) is 67.1 Å². The van der Waals surface area contributed by atoms with Gasteiger partial charge in [0.1, 0.15) is 17.0 Å². The highest BCUT2D eigenvalue weighted by Gasteiger charge is 2.57. The Labute approximate surface area is 213 Å². The molecule has 3 amide bonds. The zero-order valence-corrected chi connectivity index (χ0v) is 22.0. The van der Waals surface area contributed by atoms with Gasteiger partial charge in [-0.1, -0.05) is 18.2 Å². The number of urea groups is 1. The number of methoxy groups -OCH3 is 3. The highest BCUT2D eigenvalue weighted by atomic mass is 16.5. The molecular weight excluding hydrogens is 458 g/mol. The Morgan fingerprint density at radius 3 is 2.33 bits per heavy atom. The fourth-order valence-corrected chi connectivity index (χ4v) is 5.41. The summed E-state index contributed by atoms with van der Waals surface area (Å²) in [6.07, 6.45) is 1.20. The van der Waals surface area contributed by atoms with E-state index in [2.05, 4.69) is 30.9 Å². The number of ether oxygens (including phenoxy) is 3. The average molecular weight is 496 g/mol. The number of amides is 3. The highest BCUT2D eigenvalue weighted by Crippen LogP contribution is 2.38. The van der Waals surface area contributed by atoms with Gasteiger partial charge in [0.15, 0.2) is 0 Å². The van der Waals surface area contributed by atoms with Crippen molar-refractivity contribution in [2.45, 2.75) is 45.3 Å². The quantitative estimate of drug-likeness (QED) is 0.494. The molecule has 194 valence electrons. The molecule has 2 aliphatic rings. The SMILES string of the molecule is COCCN1C(=O)N(Cc2cccc(OC)c2)C(=O)C12CCN(Cc1cc(C)c(OC)cc1C)CC2. The topological polar surface area (TPSA) is 71.6 Å². The summed E-state index contributed by atoms with van der Waals surface area (Å²) in [6.45, 7) is 7.45. The van der Waals surface area contributed by atoms with Gasteiger partial charge in [0.25, 0.3) is 5.91 Å². The van der Waals surface area contributed by atoms with Crippen LogP contribution in [0.25, 0.3) is 0 Å². The van der Waals surface area contributed by atoms with Crippen LogP contribution in [-0.4, -0.2) is 79.7 Å². The summed E-state index contributed by atoms with van der Waals surface area (Å²) in [5, 5.41) is 0. The Morgan fingerprint density at radius 2 is 1.67 bits per heavy atom. The molecule has 0 N–H and O–H groups in total. The summed E-state index contributed by atoms with van der Waals surface area (Å²) in [5.41, 5.74) is 3.60. The summed E-state index contributed by atoms with van der Waals surface area (Å²) < 4.78 is 16.1. The predicted molar refractivity (Wildman–Crippen MR) is 137 cm³/mol. The van der Waals surface area contributed by atoms with E-state index >= 15 is 0 Å². The lowest BCUT2D eigenvalue weighted by molar-refractivity contribution is -0.136. The van der Waals surface area contributed by atoms with Crippen molar-refractivity contribution in [1.29, 1.82) is 0 Å². The minimum atomic E-state index is -0.824. The van der Waals surface area contributed by atoms with Crippen LogP contribution in [0.1, 0.15) is 35.1 Å². The average Bonchev–Trinajstić information content (AvgIpc) is 3.07. The van der Waals surface area contributed by atoms with E-state index < -0.39 is 5.54 Å². The van der Waals surface area contributed by atoms with Crippen LogP contribution in [0.4, 0.5) is 4.79 Å². The van der Waals surface area contributed by atoms with Gasteiger partial charge in [0.2, 0.25) is 0 Å². The molecular formula is C28H37N3O5. The van der Waals surface area contributed by atoms with E-state index in [-0.39, 0.29) is 18.5 Å². The number of piperidine rings is 1. The number of rotatable bonds is 9. The summed E-state index contributed by atoms with van der Waals surface area (Å²) in [6, 6.07) is 11.5. The van der Waals surface area contributed by atoms with E-state index in [4.69, 9.17) is 14.2 Å². The van der Waals surface area contributed by atoms with Crippen molar-refractivity contribution >= 4 is 11.9 Å². The Hall–Kier alpha value is -3.10. The molecule has 0 unspecified atom stereocenters. The number of aryl methyl sites for hydroxylation is 2. The van der Waals surface area contributed by atoms with Gasteiger partial charge < -0.3 is 19.1 Å². The fraction of sp³-hybridized carbons (Fsp3) is 0.500. The van der Waals surface area contributed by atoms with Gasteiger partial charge in [-0.15, -0.1) is 0 Å². The van der Waals surface area contributed by atoms with Crippen molar-refractivity contribution in [2.24, 2.45) is 0 Å². The first-order valence-electron chi connectivity index (χ1n) is 12.4. The zero-order valence-electron chi connectivity index (χ0n) is 22.0. The smallest absolute Gasteiger partial charge is 0.328 e. The number of benzene rings is 2. The molecule has 2 fully saturated rings. The van der Waals surface area contributed by atoms with Crippen LogP contribution in [0.3, 0.4) is 0 Å². The highest BCUT2D eigenvalue weighted by molar-refractivity contribution is 6.07. The van der Waals surface area contributed by atoms with Gasteiger partial charge in [-0.3, -0.25) is 14.6 Å². The second-order valence-corrected chi connectivity index (χ2v) is 9.73. The Balaban J connectivity index is 1.51. The number of nitrogens with zero attached hydrogens (tertiary/aromatic N) is 3. The molecule has 0 aromatic heterocycles. The molecule has 8 heteroatoms. The van der Waals surface area contributed by atoms with Gasteiger partial charge in [0, 0.05) is 33.3 Å². The predicted octanol–water partition coefficient (Wildman–Crippen LogP) is 3.77. The van der Waals surface area contributed by atoms with Gasteiger partial charge in [-0.25, -0.2) is 4.79 Å². The van der Waals surface area contributed by atoms with Crippen LogP contribution >= 0.6 is 0 Å². The Morgan fingerprint density at radius 1 is 0.917 bits per heavy atom. The molecule has 8 nitrogen and oxygen atoms in total. The molecule has 4 rings (SSSR count). The van der Waals surface area contributed by atoms with E-state index in [1.807, 2.05) is 24.3 Å². The van der Waals surface area contributed by atoms with E-state index in [9.17, 15) is 9.59 Å². The second kappa shape index (κ2) is 10.9. The van der Waals surface area contributed by atoms with Crippen LogP contribution in [0.5, 0.6) is 11.5 Å². The summed E-state index contributed by atoms with van der Waals surface area (Å²) in [4.78, 5) is 32.8. The van der Waals surface area contributed by atoms with E-state index in [0.29, 0.717) is 31.7 Å².